The van der Waals surface area contributed by atoms with Gasteiger partial charge in [-0.2, -0.15) is 0 Å². The molecule has 192 valence electrons. The van der Waals surface area contributed by atoms with Gasteiger partial charge in [0.25, 0.3) is 5.91 Å². The molecule has 1 saturated carbocycles. The molecule has 2 fully saturated rings. The number of carbonyl (C=O) groups is 3. The molecule has 7 nitrogen and oxygen atoms in total. The van der Waals surface area contributed by atoms with Crippen LogP contribution in [0, 0.1) is 11.3 Å². The van der Waals surface area contributed by atoms with Crippen LogP contribution >= 0.6 is 0 Å². The molecular weight excluding hydrogens is 454 g/mol. The topological polar surface area (TPSA) is 87.7 Å². The Morgan fingerprint density at radius 3 is 2.36 bits per heavy atom. The third-order valence-electron chi connectivity index (χ3n) is 8.14. The Hall–Kier alpha value is -3.35. The van der Waals surface area contributed by atoms with Gasteiger partial charge in [0.1, 0.15) is 24.4 Å². The van der Waals surface area contributed by atoms with E-state index in [-0.39, 0.29) is 30.3 Å². The molecule has 2 aromatic rings. The van der Waals surface area contributed by atoms with Crippen molar-refractivity contribution in [1.29, 1.82) is 0 Å². The van der Waals surface area contributed by atoms with E-state index in [9.17, 15) is 14.4 Å². The molecule has 1 spiro atoms. The maximum Gasteiger partial charge on any atom is 0.325 e. The summed E-state index contributed by atoms with van der Waals surface area (Å²) in [5, 5.41) is 5.78. The molecule has 0 radical (unpaired) electrons. The Balaban J connectivity index is 1.31. The fourth-order valence-electron chi connectivity index (χ4n) is 5.28. The minimum absolute atomic E-state index is 0.218. The van der Waals surface area contributed by atoms with Gasteiger partial charge in [-0.3, -0.25) is 14.5 Å². The number of imide groups is 1. The minimum Gasteiger partial charge on any atom is -0.489 e. The second-order valence-corrected chi connectivity index (χ2v) is 10.7. The summed E-state index contributed by atoms with van der Waals surface area (Å²) in [7, 11) is 0. The standard InChI is InChI=1S/C29H37N3O4/c1-4-28(2,3)23-14-16-29(17-15-23)26(34)32(27(35)31-29)19-25(33)30-18-21-10-8-9-11-22(21)20-36-24-12-6-5-7-13-24/h5-13,23H,4,14-20H2,1-3H3,(H,30,33)(H,31,35). The molecule has 1 aliphatic carbocycles. The summed E-state index contributed by atoms with van der Waals surface area (Å²) in [6.07, 6.45) is 4.12. The summed E-state index contributed by atoms with van der Waals surface area (Å²) in [6.45, 7) is 7.12. The largest absolute Gasteiger partial charge is 0.489 e. The number of rotatable bonds is 9. The maximum absolute atomic E-state index is 13.2. The Labute approximate surface area is 213 Å². The highest BCUT2D eigenvalue weighted by molar-refractivity contribution is 6.09. The summed E-state index contributed by atoms with van der Waals surface area (Å²) in [4.78, 5) is 39.7. The van der Waals surface area contributed by atoms with Gasteiger partial charge in [0.05, 0.1) is 0 Å². The summed E-state index contributed by atoms with van der Waals surface area (Å²) < 4.78 is 5.86. The van der Waals surface area contributed by atoms with Crippen LogP contribution in [0.3, 0.4) is 0 Å². The lowest BCUT2D eigenvalue weighted by molar-refractivity contribution is -0.136. The molecule has 0 atom stereocenters. The van der Waals surface area contributed by atoms with E-state index in [2.05, 4.69) is 31.4 Å². The van der Waals surface area contributed by atoms with Crippen LogP contribution in [-0.4, -0.2) is 34.8 Å². The molecule has 4 amide bonds. The highest BCUT2D eigenvalue weighted by Crippen LogP contribution is 2.45. The fraction of sp³-hybridized carbons (Fsp3) is 0.483. The smallest absolute Gasteiger partial charge is 0.325 e. The van der Waals surface area contributed by atoms with Gasteiger partial charge in [-0.05, 0) is 60.3 Å². The molecule has 0 aromatic heterocycles. The Morgan fingerprint density at radius 2 is 1.69 bits per heavy atom. The number of ether oxygens (including phenoxy) is 1. The van der Waals surface area contributed by atoms with E-state index in [1.54, 1.807) is 0 Å². The molecule has 1 aliphatic heterocycles. The van der Waals surface area contributed by atoms with E-state index >= 15 is 0 Å². The van der Waals surface area contributed by atoms with Crippen LogP contribution in [0.1, 0.15) is 64.0 Å². The molecule has 7 heteroatoms. The molecule has 36 heavy (non-hydrogen) atoms. The molecule has 2 aromatic carbocycles. The van der Waals surface area contributed by atoms with E-state index in [0.717, 1.165) is 41.0 Å². The van der Waals surface area contributed by atoms with Crippen molar-refractivity contribution in [2.24, 2.45) is 11.3 Å². The van der Waals surface area contributed by atoms with E-state index in [1.807, 2.05) is 54.6 Å². The summed E-state index contributed by atoms with van der Waals surface area (Å²) >= 11 is 0. The van der Waals surface area contributed by atoms with Gasteiger partial charge < -0.3 is 15.4 Å². The predicted octanol–water partition coefficient (Wildman–Crippen LogP) is 4.80. The molecule has 1 saturated heterocycles. The summed E-state index contributed by atoms with van der Waals surface area (Å²) in [6, 6.07) is 16.8. The molecular formula is C29H37N3O4. The first kappa shape index (κ1) is 25.7. The van der Waals surface area contributed by atoms with Crippen molar-refractivity contribution in [3.05, 3.63) is 65.7 Å². The van der Waals surface area contributed by atoms with Gasteiger partial charge in [0.2, 0.25) is 5.91 Å². The lowest BCUT2D eigenvalue weighted by atomic mass is 9.65. The quantitative estimate of drug-likeness (QED) is 0.494. The average Bonchev–Trinajstić information content (AvgIpc) is 3.11. The SMILES string of the molecule is CCC(C)(C)C1CCC2(CC1)NC(=O)N(CC(=O)NCc1ccccc1COc1ccccc1)C2=O. The van der Waals surface area contributed by atoms with Crippen LogP contribution in [0.25, 0.3) is 0 Å². The summed E-state index contributed by atoms with van der Waals surface area (Å²) in [5.41, 5.74) is 1.24. The lowest BCUT2D eigenvalue weighted by Crippen LogP contribution is -2.51. The van der Waals surface area contributed by atoms with Crippen LogP contribution in [0.5, 0.6) is 5.75 Å². The van der Waals surface area contributed by atoms with Crippen molar-refractivity contribution in [3.63, 3.8) is 0 Å². The second-order valence-electron chi connectivity index (χ2n) is 10.7. The first-order valence-electron chi connectivity index (χ1n) is 12.9. The average molecular weight is 492 g/mol. The zero-order valence-corrected chi connectivity index (χ0v) is 21.5. The number of hydrogen-bond donors (Lipinski definition) is 2. The van der Waals surface area contributed by atoms with Crippen LogP contribution in [-0.2, 0) is 22.7 Å². The number of urea groups is 1. The van der Waals surface area contributed by atoms with Gasteiger partial charge in [-0.25, -0.2) is 4.79 Å². The molecule has 0 bridgehead atoms. The van der Waals surface area contributed by atoms with Crippen molar-refractivity contribution in [3.8, 4) is 5.75 Å². The zero-order chi connectivity index (χ0) is 25.8. The molecule has 4 rings (SSSR count). The van der Waals surface area contributed by atoms with E-state index in [1.165, 1.54) is 0 Å². The summed E-state index contributed by atoms with van der Waals surface area (Å²) in [5.74, 6) is 0.666. The monoisotopic (exact) mass is 491 g/mol. The van der Waals surface area contributed by atoms with Gasteiger partial charge in [-0.15, -0.1) is 0 Å². The minimum atomic E-state index is -0.862. The Kier molecular flexibility index (Phi) is 7.67. The molecule has 2 aliphatic rings. The number of nitrogens with zero attached hydrogens (tertiary/aromatic N) is 1. The molecule has 1 heterocycles. The van der Waals surface area contributed by atoms with Gasteiger partial charge in [-0.1, -0.05) is 69.7 Å². The lowest BCUT2D eigenvalue weighted by Gasteiger charge is -2.42. The van der Waals surface area contributed by atoms with Crippen molar-refractivity contribution < 1.29 is 19.1 Å². The third kappa shape index (κ3) is 5.55. The van der Waals surface area contributed by atoms with E-state index in [4.69, 9.17) is 4.74 Å². The van der Waals surface area contributed by atoms with Gasteiger partial charge in [0, 0.05) is 6.54 Å². The van der Waals surface area contributed by atoms with E-state index < -0.39 is 11.6 Å². The van der Waals surface area contributed by atoms with Crippen molar-refractivity contribution in [2.75, 3.05) is 6.54 Å². The number of nitrogens with one attached hydrogen (secondary N) is 2. The van der Waals surface area contributed by atoms with E-state index in [0.29, 0.717) is 25.4 Å². The van der Waals surface area contributed by atoms with Crippen molar-refractivity contribution in [1.82, 2.24) is 15.5 Å². The van der Waals surface area contributed by atoms with Crippen molar-refractivity contribution in [2.45, 2.75) is 71.6 Å². The first-order valence-corrected chi connectivity index (χ1v) is 12.9. The number of carbonyl (C=O) groups excluding carboxylic acids is 3. The van der Waals surface area contributed by atoms with Crippen LogP contribution in [0.2, 0.25) is 0 Å². The maximum atomic E-state index is 13.2. The first-order chi connectivity index (χ1) is 17.2. The molecule has 2 N–H and O–H groups in total. The normalized spacial score (nSPS) is 22.0. The van der Waals surface area contributed by atoms with Gasteiger partial charge in [0.15, 0.2) is 0 Å². The highest BCUT2D eigenvalue weighted by Gasteiger charge is 2.53. The van der Waals surface area contributed by atoms with Crippen molar-refractivity contribution >= 4 is 17.8 Å². The third-order valence-corrected chi connectivity index (χ3v) is 8.14. The fourth-order valence-corrected chi connectivity index (χ4v) is 5.28. The number of hydrogen-bond acceptors (Lipinski definition) is 4. The van der Waals surface area contributed by atoms with Gasteiger partial charge >= 0.3 is 6.03 Å². The number of amides is 4. The second kappa shape index (κ2) is 10.7. The number of benzene rings is 2. The predicted molar refractivity (Wildman–Crippen MR) is 138 cm³/mol. The Bertz CT molecular complexity index is 1090. The molecule has 0 unspecified atom stereocenters. The van der Waals surface area contributed by atoms with Crippen LogP contribution < -0.4 is 15.4 Å². The van der Waals surface area contributed by atoms with Crippen LogP contribution in [0.4, 0.5) is 4.79 Å². The zero-order valence-electron chi connectivity index (χ0n) is 21.5. The number of para-hydroxylation sites is 1. The highest BCUT2D eigenvalue weighted by atomic mass is 16.5. The van der Waals surface area contributed by atoms with Crippen LogP contribution in [0.15, 0.2) is 54.6 Å². The Morgan fingerprint density at radius 1 is 1.06 bits per heavy atom.